The van der Waals surface area contributed by atoms with Crippen molar-refractivity contribution in [2.75, 3.05) is 6.54 Å². The second kappa shape index (κ2) is 9.58. The molecule has 1 aromatic heterocycles. The van der Waals surface area contributed by atoms with Crippen molar-refractivity contribution in [2.24, 2.45) is 4.99 Å². The van der Waals surface area contributed by atoms with Crippen molar-refractivity contribution in [2.45, 2.75) is 51.6 Å². The smallest absolute Gasteiger partial charge is 0.191 e. The summed E-state index contributed by atoms with van der Waals surface area (Å²) in [4.78, 5) is 4.65. The van der Waals surface area contributed by atoms with Crippen LogP contribution in [0.2, 0.25) is 0 Å². The first-order valence-electron chi connectivity index (χ1n) is 6.94. The van der Waals surface area contributed by atoms with Crippen molar-refractivity contribution in [3.63, 3.8) is 0 Å². The highest BCUT2D eigenvalue weighted by molar-refractivity contribution is 14.0. The van der Waals surface area contributed by atoms with Crippen molar-refractivity contribution in [1.29, 1.82) is 0 Å². The van der Waals surface area contributed by atoms with Gasteiger partial charge in [-0.25, -0.2) is 4.99 Å². The molecule has 2 N–H and O–H groups in total. The first-order valence-corrected chi connectivity index (χ1v) is 7.88. The lowest BCUT2D eigenvalue weighted by atomic mass is 9.96. The molecular formula is C14H24IN3S. The van der Waals surface area contributed by atoms with Crippen LogP contribution >= 0.6 is 35.3 Å². The normalized spacial score (nSPS) is 16.8. The highest BCUT2D eigenvalue weighted by Crippen LogP contribution is 2.17. The maximum Gasteiger partial charge on any atom is 0.191 e. The summed E-state index contributed by atoms with van der Waals surface area (Å²) in [6.45, 7) is 3.80. The van der Waals surface area contributed by atoms with Gasteiger partial charge in [0.15, 0.2) is 5.96 Å². The molecule has 1 heterocycles. The maximum absolute atomic E-state index is 4.65. The molecule has 0 amide bonds. The van der Waals surface area contributed by atoms with Gasteiger partial charge in [-0.3, -0.25) is 0 Å². The Kier molecular flexibility index (Phi) is 8.45. The van der Waals surface area contributed by atoms with Gasteiger partial charge in [-0.1, -0.05) is 19.3 Å². The summed E-state index contributed by atoms with van der Waals surface area (Å²) < 4.78 is 0. The van der Waals surface area contributed by atoms with Crippen LogP contribution in [0.5, 0.6) is 0 Å². The lowest BCUT2D eigenvalue weighted by Gasteiger charge is -2.24. The average Bonchev–Trinajstić information content (AvgIpc) is 2.91. The molecule has 0 radical (unpaired) electrons. The fourth-order valence-electron chi connectivity index (χ4n) is 2.31. The SMILES string of the molecule is CCNC(=NCc1ccsc1)NC1CCCCC1.I. The monoisotopic (exact) mass is 393 g/mol. The summed E-state index contributed by atoms with van der Waals surface area (Å²) in [5.41, 5.74) is 1.29. The predicted octanol–water partition coefficient (Wildman–Crippen LogP) is 3.75. The third-order valence-electron chi connectivity index (χ3n) is 3.29. The first kappa shape index (κ1) is 16.8. The van der Waals surface area contributed by atoms with E-state index in [-0.39, 0.29) is 24.0 Å². The zero-order valence-electron chi connectivity index (χ0n) is 11.5. The highest BCUT2D eigenvalue weighted by Gasteiger charge is 2.14. The maximum atomic E-state index is 4.65. The lowest BCUT2D eigenvalue weighted by Crippen LogP contribution is -2.44. The van der Waals surface area contributed by atoms with Gasteiger partial charge < -0.3 is 10.6 Å². The molecular weight excluding hydrogens is 369 g/mol. The Morgan fingerprint density at radius 2 is 2.16 bits per heavy atom. The van der Waals surface area contributed by atoms with Crippen LogP contribution in [-0.2, 0) is 6.54 Å². The van der Waals surface area contributed by atoms with Crippen LogP contribution in [0.4, 0.5) is 0 Å². The topological polar surface area (TPSA) is 36.4 Å². The number of nitrogens with one attached hydrogen (secondary N) is 2. The summed E-state index contributed by atoms with van der Waals surface area (Å²) in [6, 6.07) is 2.75. The van der Waals surface area contributed by atoms with E-state index in [9.17, 15) is 0 Å². The fourth-order valence-corrected chi connectivity index (χ4v) is 2.97. The van der Waals surface area contributed by atoms with Crippen LogP contribution in [0, 0.1) is 0 Å². The Hall–Kier alpha value is -0.300. The third-order valence-corrected chi connectivity index (χ3v) is 4.02. The van der Waals surface area contributed by atoms with E-state index in [4.69, 9.17) is 0 Å². The van der Waals surface area contributed by atoms with Crippen molar-refractivity contribution in [1.82, 2.24) is 10.6 Å². The molecule has 1 saturated carbocycles. The zero-order valence-corrected chi connectivity index (χ0v) is 14.7. The first-order chi connectivity index (χ1) is 8.88. The van der Waals surface area contributed by atoms with Gasteiger partial charge in [-0.15, -0.1) is 24.0 Å². The summed E-state index contributed by atoms with van der Waals surface area (Å²) >= 11 is 1.73. The minimum atomic E-state index is 0. The molecule has 0 saturated heterocycles. The molecule has 19 heavy (non-hydrogen) atoms. The van der Waals surface area contributed by atoms with Gasteiger partial charge in [0, 0.05) is 12.6 Å². The molecule has 1 aliphatic rings. The molecule has 1 fully saturated rings. The Labute approximate surface area is 137 Å². The van der Waals surface area contributed by atoms with Crippen LogP contribution in [0.1, 0.15) is 44.6 Å². The van der Waals surface area contributed by atoms with E-state index in [0.717, 1.165) is 19.0 Å². The Morgan fingerprint density at radius 1 is 1.37 bits per heavy atom. The van der Waals surface area contributed by atoms with Crippen molar-refractivity contribution in [3.05, 3.63) is 22.4 Å². The van der Waals surface area contributed by atoms with Gasteiger partial charge in [0.25, 0.3) is 0 Å². The van der Waals surface area contributed by atoms with Crippen molar-refractivity contribution in [3.8, 4) is 0 Å². The predicted molar refractivity (Wildman–Crippen MR) is 94.6 cm³/mol. The molecule has 0 bridgehead atoms. The fraction of sp³-hybridized carbons (Fsp3) is 0.643. The van der Waals surface area contributed by atoms with E-state index >= 15 is 0 Å². The number of nitrogens with zero attached hydrogens (tertiary/aromatic N) is 1. The number of guanidine groups is 1. The molecule has 0 atom stereocenters. The van der Waals surface area contributed by atoms with Gasteiger partial charge in [-0.05, 0) is 42.2 Å². The van der Waals surface area contributed by atoms with Gasteiger partial charge in [-0.2, -0.15) is 11.3 Å². The van der Waals surface area contributed by atoms with Crippen LogP contribution < -0.4 is 10.6 Å². The van der Waals surface area contributed by atoms with Crippen LogP contribution in [0.3, 0.4) is 0 Å². The summed E-state index contributed by atoms with van der Waals surface area (Å²) in [6.07, 6.45) is 6.65. The van der Waals surface area contributed by atoms with E-state index in [2.05, 4.69) is 39.4 Å². The molecule has 1 aromatic rings. The minimum Gasteiger partial charge on any atom is -0.357 e. The molecule has 2 rings (SSSR count). The van der Waals surface area contributed by atoms with E-state index in [0.29, 0.717) is 6.04 Å². The van der Waals surface area contributed by atoms with E-state index in [1.54, 1.807) is 11.3 Å². The number of hydrogen-bond acceptors (Lipinski definition) is 2. The van der Waals surface area contributed by atoms with Crippen LogP contribution in [-0.4, -0.2) is 18.5 Å². The van der Waals surface area contributed by atoms with E-state index in [1.807, 2.05) is 0 Å². The molecule has 0 spiro atoms. The number of hydrogen-bond donors (Lipinski definition) is 2. The summed E-state index contributed by atoms with van der Waals surface area (Å²) in [5.74, 6) is 0.968. The van der Waals surface area contributed by atoms with Gasteiger partial charge in [0.05, 0.1) is 6.54 Å². The number of aliphatic imine (C=N–C) groups is 1. The zero-order chi connectivity index (χ0) is 12.6. The van der Waals surface area contributed by atoms with Crippen LogP contribution in [0.15, 0.2) is 21.8 Å². The standard InChI is InChI=1S/C14H23N3S.HI/c1-2-15-14(16-10-12-8-9-18-11-12)17-13-6-4-3-5-7-13;/h8-9,11,13H,2-7,10H2,1H3,(H2,15,16,17);1H. The van der Waals surface area contributed by atoms with E-state index < -0.39 is 0 Å². The highest BCUT2D eigenvalue weighted by atomic mass is 127. The third kappa shape index (κ3) is 6.12. The minimum absolute atomic E-state index is 0. The average molecular weight is 393 g/mol. The Balaban J connectivity index is 0.00000180. The number of halogens is 1. The van der Waals surface area contributed by atoms with Crippen LogP contribution in [0.25, 0.3) is 0 Å². The van der Waals surface area contributed by atoms with Gasteiger partial charge in [0.2, 0.25) is 0 Å². The molecule has 3 nitrogen and oxygen atoms in total. The van der Waals surface area contributed by atoms with Crippen molar-refractivity contribution < 1.29 is 0 Å². The molecule has 0 unspecified atom stereocenters. The van der Waals surface area contributed by atoms with Crippen molar-refractivity contribution >= 4 is 41.3 Å². The number of rotatable bonds is 4. The number of thiophene rings is 1. The Morgan fingerprint density at radius 3 is 2.79 bits per heavy atom. The molecule has 0 aliphatic heterocycles. The molecule has 5 heteroatoms. The quantitative estimate of drug-likeness (QED) is 0.464. The molecule has 108 valence electrons. The van der Waals surface area contributed by atoms with Gasteiger partial charge >= 0.3 is 0 Å². The summed E-state index contributed by atoms with van der Waals surface area (Å²) in [5, 5.41) is 11.2. The van der Waals surface area contributed by atoms with E-state index in [1.165, 1.54) is 37.7 Å². The molecule has 1 aliphatic carbocycles. The largest absolute Gasteiger partial charge is 0.357 e. The summed E-state index contributed by atoms with van der Waals surface area (Å²) in [7, 11) is 0. The lowest BCUT2D eigenvalue weighted by molar-refractivity contribution is 0.410. The second-order valence-corrected chi connectivity index (χ2v) is 5.59. The molecule has 0 aromatic carbocycles. The Bertz CT molecular complexity index is 359. The second-order valence-electron chi connectivity index (χ2n) is 4.81. The van der Waals surface area contributed by atoms with Gasteiger partial charge in [0.1, 0.15) is 0 Å².